The van der Waals surface area contributed by atoms with Crippen LogP contribution in [0.5, 0.6) is 0 Å². The zero-order chi connectivity index (χ0) is 5.98. The van der Waals surface area contributed by atoms with E-state index in [0.717, 1.165) is 11.4 Å². The molecule has 0 aromatic rings. The van der Waals surface area contributed by atoms with Gasteiger partial charge in [0.15, 0.2) is 0 Å². The molecule has 1 radical (unpaired) electrons. The number of hydrogen-bond donors (Lipinski definition) is 1. The minimum atomic E-state index is -0.942. The van der Waals surface area contributed by atoms with E-state index < -0.39 is 6.09 Å². The van der Waals surface area contributed by atoms with Crippen LogP contribution in [0.2, 0.25) is 0 Å². The maximum Gasteiger partial charge on any atom is 0.423 e. The highest BCUT2D eigenvalue weighted by atomic mass is 16.4. The predicted octanol–water partition coefficient (Wildman–Crippen LogP) is -0.111. The van der Waals surface area contributed by atoms with E-state index in [4.69, 9.17) is 5.11 Å². The smallest absolute Gasteiger partial charge is 0.423 e. The van der Waals surface area contributed by atoms with Gasteiger partial charge in [-0.1, -0.05) is 0 Å². The third-order valence-electron chi connectivity index (χ3n) is 1.02. The second-order valence-electron chi connectivity index (χ2n) is 1.62. The van der Waals surface area contributed by atoms with Gasteiger partial charge in [-0.05, 0) is 6.42 Å². The fraction of sp³-hybridized carbons (Fsp3) is 0.750. The quantitative estimate of drug-likeness (QED) is 0.479. The van der Waals surface area contributed by atoms with E-state index in [9.17, 15) is 4.79 Å². The summed E-state index contributed by atoms with van der Waals surface area (Å²) in [5, 5.41) is 9.31. The van der Waals surface area contributed by atoms with Gasteiger partial charge in [-0.25, -0.2) is 9.80 Å². The van der Waals surface area contributed by atoms with Crippen LogP contribution in [0.1, 0.15) is 6.42 Å². The summed E-state index contributed by atoms with van der Waals surface area (Å²) in [6, 6.07) is 0. The molecule has 0 bridgehead atoms. The summed E-state index contributed by atoms with van der Waals surface area (Å²) < 4.78 is 0. The molecule has 0 saturated carbocycles. The zero-order valence-corrected chi connectivity index (χ0v) is 4.37. The molecule has 1 aliphatic heterocycles. The van der Waals surface area contributed by atoms with Crippen LogP contribution in [0.15, 0.2) is 0 Å². The van der Waals surface area contributed by atoms with Crippen molar-refractivity contribution in [2.45, 2.75) is 6.42 Å². The summed E-state index contributed by atoms with van der Waals surface area (Å²) in [7, 11) is 0. The molecule has 8 heavy (non-hydrogen) atoms. The van der Waals surface area contributed by atoms with E-state index in [1.54, 1.807) is 0 Å². The maximum absolute atomic E-state index is 10.0. The Balaban J connectivity index is 2.35. The number of carboxylic acid groups (broad SMARTS) is 1. The zero-order valence-electron chi connectivity index (χ0n) is 4.37. The molecule has 1 rings (SSSR count). The van der Waals surface area contributed by atoms with Gasteiger partial charge in [0, 0.05) is 13.1 Å². The van der Waals surface area contributed by atoms with Gasteiger partial charge in [-0.15, -0.1) is 5.43 Å². The highest BCUT2D eigenvalue weighted by Crippen LogP contribution is 1.96. The van der Waals surface area contributed by atoms with Crippen molar-refractivity contribution in [3.05, 3.63) is 0 Å². The van der Waals surface area contributed by atoms with Crippen LogP contribution in [0, 0.1) is 0 Å². The highest BCUT2D eigenvalue weighted by molar-refractivity contribution is 5.64. The molecule has 0 aromatic heterocycles. The van der Waals surface area contributed by atoms with Crippen molar-refractivity contribution < 1.29 is 9.90 Å². The van der Waals surface area contributed by atoms with Crippen LogP contribution in [0.4, 0.5) is 4.79 Å². The van der Waals surface area contributed by atoms with Crippen molar-refractivity contribution in [3.8, 4) is 0 Å². The first-order chi connectivity index (χ1) is 3.80. The third-order valence-corrected chi connectivity index (χ3v) is 1.02. The molecule has 4 heteroatoms. The average Bonchev–Trinajstić information content (AvgIpc) is 2.12. The Morgan fingerprint density at radius 3 is 2.75 bits per heavy atom. The van der Waals surface area contributed by atoms with Gasteiger partial charge in [0.2, 0.25) is 0 Å². The van der Waals surface area contributed by atoms with Crippen LogP contribution >= 0.6 is 0 Å². The Morgan fingerprint density at radius 1 is 1.75 bits per heavy atom. The molecule has 0 aromatic carbocycles. The van der Waals surface area contributed by atoms with Crippen LogP contribution in [0.25, 0.3) is 0 Å². The molecule has 0 aliphatic carbocycles. The molecule has 1 aliphatic rings. The fourth-order valence-corrected chi connectivity index (χ4v) is 0.639. The van der Waals surface area contributed by atoms with Crippen LogP contribution < -0.4 is 5.43 Å². The molecule has 0 atom stereocenters. The molecule has 45 valence electrons. The molecule has 1 fully saturated rings. The lowest BCUT2D eigenvalue weighted by atomic mass is 10.5. The maximum atomic E-state index is 10.0. The predicted molar refractivity (Wildman–Crippen MR) is 26.3 cm³/mol. The standard InChI is InChI=1S/C4H7N2O2/c7-4(8)6-3-1-2-5-6/h1-3H2,(H,7,8). The van der Waals surface area contributed by atoms with Gasteiger partial charge in [-0.3, -0.25) is 0 Å². The van der Waals surface area contributed by atoms with E-state index in [0.29, 0.717) is 13.1 Å². The van der Waals surface area contributed by atoms with Crippen LogP contribution in [0.3, 0.4) is 0 Å². The Kier molecular flexibility index (Phi) is 1.34. The van der Waals surface area contributed by atoms with Crippen molar-refractivity contribution in [2.24, 2.45) is 0 Å². The minimum Gasteiger partial charge on any atom is -0.464 e. The molecule has 4 nitrogen and oxygen atoms in total. The van der Waals surface area contributed by atoms with E-state index in [1.807, 2.05) is 0 Å². The van der Waals surface area contributed by atoms with E-state index in [-0.39, 0.29) is 0 Å². The lowest BCUT2D eigenvalue weighted by Gasteiger charge is -2.05. The largest absolute Gasteiger partial charge is 0.464 e. The Morgan fingerprint density at radius 2 is 2.50 bits per heavy atom. The van der Waals surface area contributed by atoms with Gasteiger partial charge in [-0.2, -0.15) is 0 Å². The Hall–Kier alpha value is -0.770. The molecule has 1 amide bonds. The first kappa shape index (κ1) is 5.37. The second-order valence-corrected chi connectivity index (χ2v) is 1.62. The number of rotatable bonds is 0. The van der Waals surface area contributed by atoms with Crippen molar-refractivity contribution in [3.63, 3.8) is 0 Å². The molecule has 1 saturated heterocycles. The number of amides is 1. The van der Waals surface area contributed by atoms with Crippen molar-refractivity contribution in [1.29, 1.82) is 0 Å². The van der Waals surface area contributed by atoms with E-state index in [1.165, 1.54) is 0 Å². The summed E-state index contributed by atoms with van der Waals surface area (Å²) >= 11 is 0. The monoisotopic (exact) mass is 115 g/mol. The number of carbonyl (C=O) groups is 1. The normalized spacial score (nSPS) is 19.2. The average molecular weight is 115 g/mol. The first-order valence-electron chi connectivity index (χ1n) is 2.48. The van der Waals surface area contributed by atoms with Crippen molar-refractivity contribution in [2.75, 3.05) is 13.1 Å². The van der Waals surface area contributed by atoms with Crippen LogP contribution in [-0.4, -0.2) is 29.3 Å². The molecular formula is C4H7N2O2. The minimum absolute atomic E-state index is 0.565. The third kappa shape index (κ3) is 0.894. The first-order valence-corrected chi connectivity index (χ1v) is 2.48. The molecule has 1 heterocycles. The molecule has 0 spiro atoms. The van der Waals surface area contributed by atoms with Gasteiger partial charge >= 0.3 is 6.09 Å². The number of hydrogen-bond acceptors (Lipinski definition) is 1. The van der Waals surface area contributed by atoms with E-state index in [2.05, 4.69) is 5.43 Å². The van der Waals surface area contributed by atoms with Crippen molar-refractivity contribution >= 4 is 6.09 Å². The summed E-state index contributed by atoms with van der Waals surface area (Å²) in [6.07, 6.45) is -0.0748. The van der Waals surface area contributed by atoms with Gasteiger partial charge < -0.3 is 5.11 Å². The lowest BCUT2D eigenvalue weighted by molar-refractivity contribution is 0.136. The van der Waals surface area contributed by atoms with Gasteiger partial charge in [0.05, 0.1) is 0 Å². The van der Waals surface area contributed by atoms with E-state index >= 15 is 0 Å². The summed E-state index contributed by atoms with van der Waals surface area (Å²) in [5.41, 5.74) is 3.67. The van der Waals surface area contributed by atoms with Gasteiger partial charge in [0.25, 0.3) is 0 Å². The topological polar surface area (TPSA) is 54.6 Å². The fourth-order valence-electron chi connectivity index (χ4n) is 0.639. The lowest BCUT2D eigenvalue weighted by Crippen LogP contribution is -2.30. The number of nitrogens with zero attached hydrogens (tertiary/aromatic N) is 2. The molecule has 0 unspecified atom stereocenters. The molecule has 1 N–H and O–H groups in total. The summed E-state index contributed by atoms with van der Waals surface area (Å²) in [6.45, 7) is 1.22. The summed E-state index contributed by atoms with van der Waals surface area (Å²) in [5.74, 6) is 0. The van der Waals surface area contributed by atoms with Gasteiger partial charge in [0.1, 0.15) is 0 Å². The summed E-state index contributed by atoms with van der Waals surface area (Å²) in [4.78, 5) is 10.0. The SMILES string of the molecule is O=C(O)N1CCC[N]1. The van der Waals surface area contributed by atoms with Crippen LogP contribution in [-0.2, 0) is 0 Å². The highest BCUT2D eigenvalue weighted by Gasteiger charge is 2.16. The Bertz CT molecular complexity index is 98.2. The second kappa shape index (κ2) is 2.00. The van der Waals surface area contributed by atoms with Crippen molar-refractivity contribution in [1.82, 2.24) is 10.4 Å². The Labute approximate surface area is 47.1 Å². The molecular weight excluding hydrogens is 108 g/mol.